The molecular formula is C13H18N2O3S2. The van der Waals surface area contributed by atoms with Gasteiger partial charge >= 0.3 is 0 Å². The van der Waals surface area contributed by atoms with Crippen LogP contribution in [0.25, 0.3) is 0 Å². The average Bonchev–Trinajstić information content (AvgIpc) is 2.37. The zero-order valence-corrected chi connectivity index (χ0v) is 13.1. The van der Waals surface area contributed by atoms with Gasteiger partial charge in [0, 0.05) is 18.7 Å². The van der Waals surface area contributed by atoms with E-state index < -0.39 is 15.6 Å². The van der Waals surface area contributed by atoms with E-state index in [9.17, 15) is 8.42 Å². The van der Waals surface area contributed by atoms with Crippen molar-refractivity contribution in [3.05, 3.63) is 29.8 Å². The average molecular weight is 314 g/mol. The third kappa shape index (κ3) is 3.17. The Kier molecular flexibility index (Phi) is 4.15. The molecule has 1 aromatic rings. The summed E-state index contributed by atoms with van der Waals surface area (Å²) in [5.41, 5.74) is 5.62. The van der Waals surface area contributed by atoms with Gasteiger partial charge in [0.2, 0.25) is 10.0 Å². The van der Waals surface area contributed by atoms with Crippen molar-refractivity contribution >= 4 is 27.2 Å². The molecule has 1 heterocycles. The number of hydrogen-bond donors (Lipinski definition) is 1. The molecule has 1 fully saturated rings. The van der Waals surface area contributed by atoms with E-state index in [-0.39, 0.29) is 9.88 Å². The summed E-state index contributed by atoms with van der Waals surface area (Å²) in [5.74, 6) is 0. The Labute approximate surface area is 124 Å². The van der Waals surface area contributed by atoms with Gasteiger partial charge < -0.3 is 10.5 Å². The fraction of sp³-hybridized carbons (Fsp3) is 0.462. The van der Waals surface area contributed by atoms with E-state index >= 15 is 0 Å². The summed E-state index contributed by atoms with van der Waals surface area (Å²) >= 11 is 4.89. The number of benzene rings is 1. The summed E-state index contributed by atoms with van der Waals surface area (Å²) in [6, 6.07) is 6.41. The van der Waals surface area contributed by atoms with Gasteiger partial charge in [-0.15, -0.1) is 0 Å². The molecule has 0 saturated carbocycles. The van der Waals surface area contributed by atoms with Crippen LogP contribution in [0.5, 0.6) is 0 Å². The van der Waals surface area contributed by atoms with Crippen molar-refractivity contribution in [1.82, 2.24) is 4.31 Å². The molecule has 0 amide bonds. The zero-order valence-electron chi connectivity index (χ0n) is 11.5. The number of nitrogens with two attached hydrogens (primary N) is 1. The topological polar surface area (TPSA) is 72.6 Å². The molecule has 1 aromatic carbocycles. The maximum atomic E-state index is 12.6. The molecule has 7 heteroatoms. The van der Waals surface area contributed by atoms with E-state index in [1.807, 2.05) is 13.8 Å². The third-order valence-corrected chi connectivity index (χ3v) is 5.22. The van der Waals surface area contributed by atoms with Crippen molar-refractivity contribution in [3.8, 4) is 0 Å². The summed E-state index contributed by atoms with van der Waals surface area (Å²) in [6.07, 6.45) is 0. The molecule has 0 spiro atoms. The molecule has 0 bridgehead atoms. The maximum Gasteiger partial charge on any atom is 0.243 e. The summed E-state index contributed by atoms with van der Waals surface area (Å²) in [7, 11) is -3.55. The van der Waals surface area contributed by atoms with Crippen LogP contribution < -0.4 is 5.73 Å². The summed E-state index contributed by atoms with van der Waals surface area (Å²) in [6.45, 7) is 4.82. The maximum absolute atomic E-state index is 12.6. The van der Waals surface area contributed by atoms with Crippen LogP contribution in [0.3, 0.4) is 0 Å². The van der Waals surface area contributed by atoms with Crippen LogP contribution >= 0.6 is 12.2 Å². The van der Waals surface area contributed by atoms with Gasteiger partial charge in [-0.1, -0.05) is 24.4 Å². The molecule has 1 saturated heterocycles. The highest BCUT2D eigenvalue weighted by Gasteiger charge is 2.34. The Hall–Kier alpha value is -1.02. The fourth-order valence-electron chi connectivity index (χ4n) is 2.14. The molecule has 0 unspecified atom stereocenters. The highest BCUT2D eigenvalue weighted by molar-refractivity contribution is 7.89. The molecule has 2 rings (SSSR count). The summed E-state index contributed by atoms with van der Waals surface area (Å²) in [4.78, 5) is 0.393. The third-order valence-electron chi connectivity index (χ3n) is 3.15. The number of rotatable bonds is 3. The first-order valence-corrected chi connectivity index (χ1v) is 8.11. The molecule has 110 valence electrons. The lowest BCUT2D eigenvalue weighted by Gasteiger charge is -2.37. The second-order valence-corrected chi connectivity index (χ2v) is 7.72. The van der Waals surface area contributed by atoms with Gasteiger partial charge in [0.15, 0.2) is 0 Å². The van der Waals surface area contributed by atoms with E-state index in [0.29, 0.717) is 25.3 Å². The van der Waals surface area contributed by atoms with Crippen molar-refractivity contribution in [2.24, 2.45) is 5.73 Å². The predicted molar refractivity (Wildman–Crippen MR) is 81.1 cm³/mol. The number of ether oxygens (including phenoxy) is 1. The first-order chi connectivity index (χ1) is 9.22. The fourth-order valence-corrected chi connectivity index (χ4v) is 3.88. The van der Waals surface area contributed by atoms with Gasteiger partial charge in [0.1, 0.15) is 4.99 Å². The van der Waals surface area contributed by atoms with Crippen molar-refractivity contribution in [2.75, 3.05) is 19.7 Å². The van der Waals surface area contributed by atoms with Crippen LogP contribution in [-0.2, 0) is 14.8 Å². The Morgan fingerprint density at radius 1 is 1.45 bits per heavy atom. The highest BCUT2D eigenvalue weighted by atomic mass is 32.2. The van der Waals surface area contributed by atoms with E-state index in [2.05, 4.69) is 0 Å². The lowest BCUT2D eigenvalue weighted by molar-refractivity contribution is -0.0640. The normalized spacial score (nSPS) is 19.7. The van der Waals surface area contributed by atoms with Crippen molar-refractivity contribution in [2.45, 2.75) is 24.3 Å². The van der Waals surface area contributed by atoms with Gasteiger partial charge in [-0.25, -0.2) is 8.42 Å². The van der Waals surface area contributed by atoms with Crippen LogP contribution in [0, 0.1) is 0 Å². The highest BCUT2D eigenvalue weighted by Crippen LogP contribution is 2.24. The van der Waals surface area contributed by atoms with Crippen molar-refractivity contribution in [3.63, 3.8) is 0 Å². The van der Waals surface area contributed by atoms with Gasteiger partial charge in [0.25, 0.3) is 0 Å². The molecule has 0 aromatic heterocycles. The second-order valence-electron chi connectivity index (χ2n) is 5.34. The van der Waals surface area contributed by atoms with Crippen LogP contribution in [-0.4, -0.2) is 43.0 Å². The van der Waals surface area contributed by atoms with Crippen LogP contribution in [0.1, 0.15) is 19.4 Å². The lowest BCUT2D eigenvalue weighted by atomic mass is 10.1. The molecule has 1 aliphatic heterocycles. The Morgan fingerprint density at radius 2 is 2.15 bits per heavy atom. The van der Waals surface area contributed by atoms with Gasteiger partial charge in [-0.3, -0.25) is 0 Å². The molecule has 1 aliphatic rings. The Balaban J connectivity index is 2.35. The molecule has 0 radical (unpaired) electrons. The van der Waals surface area contributed by atoms with E-state index in [4.69, 9.17) is 22.7 Å². The zero-order chi connectivity index (χ0) is 15.0. The van der Waals surface area contributed by atoms with E-state index in [1.165, 1.54) is 10.4 Å². The molecule has 20 heavy (non-hydrogen) atoms. The molecule has 0 aliphatic carbocycles. The molecule has 2 N–H and O–H groups in total. The standard InChI is InChI=1S/C13H18N2O3S2/c1-13(2)9-15(6-7-18-13)20(16,17)11-5-3-4-10(8-11)12(14)19/h3-5,8H,6-7,9H2,1-2H3,(H2,14,19). The Bertz CT molecular complexity index is 626. The first kappa shape index (κ1) is 15.4. The SMILES string of the molecule is CC1(C)CN(S(=O)(=O)c2cccc(C(N)=S)c2)CCO1. The van der Waals surface area contributed by atoms with Crippen molar-refractivity contribution in [1.29, 1.82) is 0 Å². The monoisotopic (exact) mass is 314 g/mol. The molecular weight excluding hydrogens is 296 g/mol. The molecule has 0 atom stereocenters. The van der Waals surface area contributed by atoms with Gasteiger partial charge in [-0.2, -0.15) is 4.31 Å². The van der Waals surface area contributed by atoms with Gasteiger partial charge in [-0.05, 0) is 26.0 Å². The number of thiocarbonyl (C=S) groups is 1. The van der Waals surface area contributed by atoms with Crippen LogP contribution in [0.4, 0.5) is 0 Å². The number of morpholine rings is 1. The van der Waals surface area contributed by atoms with Crippen LogP contribution in [0.15, 0.2) is 29.2 Å². The minimum absolute atomic E-state index is 0.185. The number of nitrogens with zero attached hydrogens (tertiary/aromatic N) is 1. The minimum atomic E-state index is -3.55. The second kappa shape index (κ2) is 5.40. The number of sulfonamides is 1. The van der Waals surface area contributed by atoms with Crippen LogP contribution in [0.2, 0.25) is 0 Å². The minimum Gasteiger partial charge on any atom is -0.389 e. The Morgan fingerprint density at radius 3 is 2.75 bits per heavy atom. The predicted octanol–water partition coefficient (Wildman–Crippen LogP) is 1.12. The summed E-state index contributed by atoms with van der Waals surface area (Å²) in [5, 5.41) is 0. The quantitative estimate of drug-likeness (QED) is 0.847. The van der Waals surface area contributed by atoms with Gasteiger partial charge in [0.05, 0.1) is 17.1 Å². The lowest BCUT2D eigenvalue weighted by Crippen LogP contribution is -2.50. The molecule has 5 nitrogen and oxygen atoms in total. The van der Waals surface area contributed by atoms with E-state index in [0.717, 1.165) is 0 Å². The summed E-state index contributed by atoms with van der Waals surface area (Å²) < 4.78 is 32.3. The first-order valence-electron chi connectivity index (χ1n) is 6.26. The van der Waals surface area contributed by atoms with E-state index in [1.54, 1.807) is 18.2 Å². The number of hydrogen-bond acceptors (Lipinski definition) is 4. The van der Waals surface area contributed by atoms with Crippen molar-refractivity contribution < 1.29 is 13.2 Å². The largest absolute Gasteiger partial charge is 0.389 e. The smallest absolute Gasteiger partial charge is 0.243 e.